The number of anilines is 1. The molecule has 17 heavy (non-hydrogen) atoms. The third-order valence-electron chi connectivity index (χ3n) is 2.66. The SMILES string of the molecule is Nc1nc2c(s1)CC(NC(O)C(F)(F)F)CC2. The number of hydrogen-bond acceptors (Lipinski definition) is 5. The highest BCUT2D eigenvalue weighted by Crippen LogP contribution is 2.29. The van der Waals surface area contributed by atoms with Crippen molar-refractivity contribution in [3.05, 3.63) is 10.6 Å². The number of rotatable bonds is 2. The molecular formula is C9H12F3N3OS. The summed E-state index contributed by atoms with van der Waals surface area (Å²) in [5.74, 6) is 0. The minimum absolute atomic E-state index is 0.390. The Labute approximate surface area is 99.7 Å². The number of aliphatic hydroxyl groups excluding tert-OH is 1. The van der Waals surface area contributed by atoms with E-state index in [0.29, 0.717) is 24.4 Å². The maximum atomic E-state index is 12.2. The maximum Gasteiger partial charge on any atom is 0.427 e. The van der Waals surface area contributed by atoms with Gasteiger partial charge in [0.05, 0.1) is 5.69 Å². The summed E-state index contributed by atoms with van der Waals surface area (Å²) in [6, 6.07) is -0.390. The van der Waals surface area contributed by atoms with Gasteiger partial charge < -0.3 is 10.8 Å². The fraction of sp³-hybridized carbons (Fsp3) is 0.667. The normalized spacial score (nSPS) is 22.2. The van der Waals surface area contributed by atoms with Crippen molar-refractivity contribution in [1.82, 2.24) is 10.3 Å². The molecule has 4 N–H and O–H groups in total. The second-order valence-electron chi connectivity index (χ2n) is 3.97. The van der Waals surface area contributed by atoms with E-state index in [1.807, 2.05) is 0 Å². The van der Waals surface area contributed by atoms with E-state index >= 15 is 0 Å². The van der Waals surface area contributed by atoms with Crippen molar-refractivity contribution in [2.75, 3.05) is 5.73 Å². The number of nitrogen functional groups attached to an aromatic ring is 1. The molecule has 0 aromatic carbocycles. The Morgan fingerprint density at radius 1 is 1.53 bits per heavy atom. The Hall–Kier alpha value is -0.860. The van der Waals surface area contributed by atoms with Gasteiger partial charge in [0, 0.05) is 10.9 Å². The molecule has 8 heteroatoms. The molecule has 2 atom stereocenters. The number of nitrogens with one attached hydrogen (secondary N) is 1. The molecule has 0 spiro atoms. The van der Waals surface area contributed by atoms with Crippen LogP contribution in [0.15, 0.2) is 0 Å². The second kappa shape index (κ2) is 4.43. The lowest BCUT2D eigenvalue weighted by atomic mass is 9.97. The van der Waals surface area contributed by atoms with E-state index < -0.39 is 12.4 Å². The minimum Gasteiger partial charge on any atom is -0.375 e. The predicted molar refractivity (Wildman–Crippen MR) is 57.5 cm³/mol. The monoisotopic (exact) mass is 267 g/mol. The summed E-state index contributed by atoms with van der Waals surface area (Å²) in [7, 11) is 0. The largest absolute Gasteiger partial charge is 0.427 e. The van der Waals surface area contributed by atoms with Crippen LogP contribution in [-0.4, -0.2) is 28.5 Å². The van der Waals surface area contributed by atoms with Crippen LogP contribution in [0.3, 0.4) is 0 Å². The molecule has 96 valence electrons. The molecule has 2 unspecified atom stereocenters. The standard InChI is InChI=1S/C9H12F3N3OS/c10-9(11,12)7(16)14-4-1-2-5-6(3-4)17-8(13)15-5/h4,7,14,16H,1-3H2,(H2,13,15). The van der Waals surface area contributed by atoms with E-state index in [1.54, 1.807) is 0 Å². The van der Waals surface area contributed by atoms with Crippen LogP contribution in [0, 0.1) is 0 Å². The predicted octanol–water partition coefficient (Wildman–Crippen LogP) is 1.05. The Morgan fingerprint density at radius 3 is 2.88 bits per heavy atom. The molecule has 1 heterocycles. The maximum absolute atomic E-state index is 12.2. The first-order chi connectivity index (χ1) is 7.86. The smallest absolute Gasteiger partial charge is 0.375 e. The van der Waals surface area contributed by atoms with E-state index in [1.165, 1.54) is 11.3 Å². The molecule has 1 aliphatic rings. The zero-order valence-corrected chi connectivity index (χ0v) is 9.61. The first-order valence-corrected chi connectivity index (χ1v) is 5.93. The van der Waals surface area contributed by atoms with Gasteiger partial charge in [0.1, 0.15) is 0 Å². The van der Waals surface area contributed by atoms with Gasteiger partial charge in [0.2, 0.25) is 6.23 Å². The van der Waals surface area contributed by atoms with Crippen LogP contribution in [-0.2, 0) is 12.8 Å². The quantitative estimate of drug-likeness (QED) is 0.700. The number of aryl methyl sites for hydroxylation is 1. The van der Waals surface area contributed by atoms with Gasteiger partial charge in [-0.3, -0.25) is 5.32 Å². The first kappa shape index (κ1) is 12.6. The van der Waals surface area contributed by atoms with Gasteiger partial charge in [-0.1, -0.05) is 0 Å². The van der Waals surface area contributed by atoms with Gasteiger partial charge in [-0.2, -0.15) is 13.2 Å². The van der Waals surface area contributed by atoms with Crippen molar-refractivity contribution < 1.29 is 18.3 Å². The van der Waals surface area contributed by atoms with Crippen LogP contribution < -0.4 is 11.1 Å². The van der Waals surface area contributed by atoms with Gasteiger partial charge in [0.15, 0.2) is 5.13 Å². The third kappa shape index (κ3) is 2.88. The van der Waals surface area contributed by atoms with Crippen molar-refractivity contribution in [2.24, 2.45) is 0 Å². The van der Waals surface area contributed by atoms with E-state index in [-0.39, 0.29) is 6.04 Å². The van der Waals surface area contributed by atoms with Gasteiger partial charge in [0.25, 0.3) is 0 Å². The van der Waals surface area contributed by atoms with E-state index in [4.69, 9.17) is 10.8 Å². The molecule has 0 saturated heterocycles. The Morgan fingerprint density at radius 2 is 2.24 bits per heavy atom. The Balaban J connectivity index is 1.98. The molecule has 2 rings (SSSR count). The number of nitrogens with zero attached hydrogens (tertiary/aromatic N) is 1. The number of nitrogens with two attached hydrogens (primary N) is 1. The number of halogens is 3. The average molecular weight is 267 g/mol. The van der Waals surface area contributed by atoms with Crippen molar-refractivity contribution in [1.29, 1.82) is 0 Å². The van der Waals surface area contributed by atoms with Gasteiger partial charge in [-0.05, 0) is 19.3 Å². The number of alkyl halides is 3. The van der Waals surface area contributed by atoms with Crippen molar-refractivity contribution in [3.63, 3.8) is 0 Å². The van der Waals surface area contributed by atoms with Crippen molar-refractivity contribution in [3.8, 4) is 0 Å². The highest BCUT2D eigenvalue weighted by atomic mass is 32.1. The molecule has 0 bridgehead atoms. The number of hydrogen-bond donors (Lipinski definition) is 3. The number of thiazole rings is 1. The summed E-state index contributed by atoms with van der Waals surface area (Å²) in [5, 5.41) is 11.5. The first-order valence-electron chi connectivity index (χ1n) is 5.11. The van der Waals surface area contributed by atoms with E-state index in [2.05, 4.69) is 10.3 Å². The molecule has 4 nitrogen and oxygen atoms in total. The number of aliphatic hydroxyl groups is 1. The summed E-state index contributed by atoms with van der Waals surface area (Å²) in [6.07, 6.45) is -5.57. The fourth-order valence-corrected chi connectivity index (χ4v) is 2.81. The average Bonchev–Trinajstić information content (AvgIpc) is 2.55. The van der Waals surface area contributed by atoms with Crippen LogP contribution in [0.2, 0.25) is 0 Å². The molecule has 0 saturated carbocycles. The number of aromatic nitrogens is 1. The minimum atomic E-state index is -4.63. The summed E-state index contributed by atoms with van der Waals surface area (Å²) in [5.41, 5.74) is 6.40. The van der Waals surface area contributed by atoms with Gasteiger partial charge in [-0.25, -0.2) is 4.98 Å². The van der Waals surface area contributed by atoms with Gasteiger partial charge >= 0.3 is 6.18 Å². The number of fused-ring (bicyclic) bond motifs is 1. The summed E-state index contributed by atoms with van der Waals surface area (Å²) in [4.78, 5) is 5.00. The Kier molecular flexibility index (Phi) is 3.28. The highest BCUT2D eigenvalue weighted by molar-refractivity contribution is 7.15. The zero-order chi connectivity index (χ0) is 12.6. The van der Waals surface area contributed by atoms with Crippen LogP contribution >= 0.6 is 11.3 Å². The summed E-state index contributed by atoms with van der Waals surface area (Å²) < 4.78 is 36.5. The van der Waals surface area contributed by atoms with Crippen molar-refractivity contribution >= 4 is 16.5 Å². The molecular weight excluding hydrogens is 255 g/mol. The van der Waals surface area contributed by atoms with Crippen LogP contribution in [0.4, 0.5) is 18.3 Å². The van der Waals surface area contributed by atoms with E-state index in [0.717, 1.165) is 10.6 Å². The lowest BCUT2D eigenvalue weighted by Gasteiger charge is -2.26. The van der Waals surface area contributed by atoms with Crippen LogP contribution in [0.25, 0.3) is 0 Å². The molecule has 1 aromatic heterocycles. The fourth-order valence-electron chi connectivity index (χ4n) is 1.85. The molecule has 1 aromatic rings. The zero-order valence-electron chi connectivity index (χ0n) is 8.79. The van der Waals surface area contributed by atoms with Gasteiger partial charge in [-0.15, -0.1) is 11.3 Å². The molecule has 0 aliphatic heterocycles. The summed E-state index contributed by atoms with van der Waals surface area (Å²) >= 11 is 1.29. The Bertz CT molecular complexity index is 407. The van der Waals surface area contributed by atoms with Crippen molar-refractivity contribution in [2.45, 2.75) is 37.7 Å². The summed E-state index contributed by atoms with van der Waals surface area (Å²) in [6.45, 7) is 0. The second-order valence-corrected chi connectivity index (χ2v) is 5.09. The highest BCUT2D eigenvalue weighted by Gasteiger charge is 2.40. The van der Waals surface area contributed by atoms with Crippen LogP contribution in [0.5, 0.6) is 0 Å². The lowest BCUT2D eigenvalue weighted by Crippen LogP contribution is -2.48. The molecule has 0 amide bonds. The topological polar surface area (TPSA) is 71.2 Å². The lowest BCUT2D eigenvalue weighted by molar-refractivity contribution is -0.216. The third-order valence-corrected chi connectivity index (χ3v) is 3.61. The van der Waals surface area contributed by atoms with Crippen LogP contribution in [0.1, 0.15) is 17.0 Å². The van der Waals surface area contributed by atoms with E-state index in [9.17, 15) is 13.2 Å². The molecule has 0 radical (unpaired) electrons. The molecule has 0 fully saturated rings. The molecule has 1 aliphatic carbocycles.